The highest BCUT2D eigenvalue weighted by atomic mass is 15.0. The lowest BCUT2D eigenvalue weighted by Gasteiger charge is -2.14. The molecule has 0 saturated carbocycles. The molecule has 41 heavy (non-hydrogen) atoms. The number of rotatable bonds is 8. The summed E-state index contributed by atoms with van der Waals surface area (Å²) in [7, 11) is 0. The largest absolute Gasteiger partial charge is 0.354 e. The van der Waals surface area contributed by atoms with Crippen LogP contribution in [0.4, 0.5) is 0 Å². The van der Waals surface area contributed by atoms with Gasteiger partial charge in [-0.15, -0.1) is 0 Å². The molecular formula is C36H47N5. The van der Waals surface area contributed by atoms with Crippen LogP contribution in [-0.4, -0.2) is 21.0 Å². The first-order valence-electron chi connectivity index (χ1n) is 15.9. The van der Waals surface area contributed by atoms with Gasteiger partial charge in [-0.3, -0.25) is 5.41 Å². The van der Waals surface area contributed by atoms with Crippen molar-refractivity contribution >= 4 is 28.6 Å². The number of allylic oxidation sites excluding steroid dienone is 5. The summed E-state index contributed by atoms with van der Waals surface area (Å²) in [6.07, 6.45) is 15.1. The Morgan fingerprint density at radius 3 is 1.85 bits per heavy atom. The Balaban J connectivity index is 2.05. The molecule has 0 radical (unpaired) electrons. The molecule has 3 aliphatic rings. The van der Waals surface area contributed by atoms with E-state index in [1.807, 2.05) is 6.08 Å². The number of fused-ring (bicyclic) bond motifs is 7. The second-order valence-corrected chi connectivity index (χ2v) is 11.1. The number of nitrogens with zero attached hydrogens (tertiary/aromatic N) is 2. The molecule has 0 saturated heterocycles. The maximum Gasteiger partial charge on any atom is 0.0828 e. The number of aromatic nitrogens is 2. The molecule has 0 atom stereocenters. The van der Waals surface area contributed by atoms with Crippen molar-refractivity contribution in [3.05, 3.63) is 85.2 Å². The quantitative estimate of drug-likeness (QED) is 0.333. The van der Waals surface area contributed by atoms with Crippen molar-refractivity contribution in [2.75, 3.05) is 0 Å². The maximum atomic E-state index is 9.09. The van der Waals surface area contributed by atoms with Gasteiger partial charge in [0.15, 0.2) is 0 Å². The number of aromatic amines is 1. The molecule has 3 N–H and O–H groups in total. The van der Waals surface area contributed by atoms with E-state index >= 15 is 0 Å². The minimum Gasteiger partial charge on any atom is -0.354 e. The van der Waals surface area contributed by atoms with Crippen molar-refractivity contribution in [1.29, 1.82) is 5.41 Å². The molecule has 5 rings (SSSR count). The molecule has 216 valence electrons. The second-order valence-electron chi connectivity index (χ2n) is 11.1. The monoisotopic (exact) mass is 549 g/mol. The van der Waals surface area contributed by atoms with Gasteiger partial charge >= 0.3 is 0 Å². The van der Waals surface area contributed by atoms with Crippen LogP contribution in [0.5, 0.6) is 0 Å². The third-order valence-corrected chi connectivity index (χ3v) is 9.11. The average Bonchev–Trinajstić information content (AvgIpc) is 3.72. The van der Waals surface area contributed by atoms with Crippen LogP contribution in [0.1, 0.15) is 108 Å². The number of H-pyrrole nitrogens is 1. The number of hydrogen-bond donors (Lipinski definition) is 3. The lowest BCUT2D eigenvalue weighted by molar-refractivity contribution is 0.740. The van der Waals surface area contributed by atoms with Gasteiger partial charge < -0.3 is 14.9 Å². The summed E-state index contributed by atoms with van der Waals surface area (Å²) in [6.45, 7) is 19.1. The smallest absolute Gasteiger partial charge is 0.0828 e. The standard InChI is InChI=1S/C36H47N5/c1-9-23-26(12-4)36-29(15-7)34-25(11-3)24(10-2)33(40-34)28(14-6)35-27(13-5)32(37)30(39-35)19-21-17-18-22(38-21)20-31(23)41(36)16-8/h17-20,37,39-40H,9-16H2,1-8H3. The van der Waals surface area contributed by atoms with Gasteiger partial charge in [0.25, 0.3) is 0 Å². The molecule has 0 spiro atoms. The zero-order valence-corrected chi connectivity index (χ0v) is 26.4. The molecule has 5 heteroatoms. The molecule has 0 amide bonds. The lowest BCUT2D eigenvalue weighted by Crippen LogP contribution is -2.22. The van der Waals surface area contributed by atoms with E-state index in [0.717, 1.165) is 79.9 Å². The Morgan fingerprint density at radius 2 is 1.29 bits per heavy atom. The van der Waals surface area contributed by atoms with Crippen molar-refractivity contribution in [2.45, 2.75) is 107 Å². The topological polar surface area (TPSA) is 69.0 Å². The first kappa shape index (κ1) is 28.9. The third kappa shape index (κ3) is 4.54. The van der Waals surface area contributed by atoms with Crippen molar-refractivity contribution in [3.8, 4) is 0 Å². The summed E-state index contributed by atoms with van der Waals surface area (Å²) in [4.78, 5) is 9.05. The lowest BCUT2D eigenvalue weighted by atomic mass is 9.96. The molecule has 5 nitrogen and oxygen atoms in total. The highest BCUT2D eigenvalue weighted by Crippen LogP contribution is 2.34. The van der Waals surface area contributed by atoms with Crippen LogP contribution in [0.3, 0.4) is 0 Å². The van der Waals surface area contributed by atoms with Gasteiger partial charge in [-0.2, -0.15) is 0 Å². The minimum atomic E-state index is 0.581. The zero-order chi connectivity index (χ0) is 29.4. The van der Waals surface area contributed by atoms with Crippen LogP contribution < -0.4 is 16.0 Å². The van der Waals surface area contributed by atoms with E-state index < -0.39 is 0 Å². The Morgan fingerprint density at radius 1 is 0.683 bits per heavy atom. The van der Waals surface area contributed by atoms with E-state index in [1.165, 1.54) is 55.5 Å². The molecule has 0 aromatic carbocycles. The Hall–Kier alpha value is -3.60. The molecular weight excluding hydrogens is 502 g/mol. The minimum absolute atomic E-state index is 0.581. The molecule has 5 heterocycles. The fourth-order valence-corrected chi connectivity index (χ4v) is 7.29. The van der Waals surface area contributed by atoms with Crippen LogP contribution in [0, 0.1) is 5.41 Å². The summed E-state index contributed by atoms with van der Waals surface area (Å²) in [5.41, 5.74) is 16.6. The van der Waals surface area contributed by atoms with Crippen molar-refractivity contribution in [2.24, 2.45) is 4.99 Å². The van der Waals surface area contributed by atoms with Gasteiger partial charge in [0.2, 0.25) is 0 Å². The molecule has 0 fully saturated rings. The van der Waals surface area contributed by atoms with E-state index in [4.69, 9.17) is 10.4 Å². The first-order chi connectivity index (χ1) is 19.9. The Kier molecular flexibility index (Phi) is 8.26. The summed E-state index contributed by atoms with van der Waals surface area (Å²) >= 11 is 0. The van der Waals surface area contributed by atoms with E-state index in [0.29, 0.717) is 5.71 Å². The van der Waals surface area contributed by atoms with Gasteiger partial charge in [-0.1, -0.05) is 48.5 Å². The molecule has 8 bridgehead atoms. The Bertz CT molecular complexity index is 1690. The summed E-state index contributed by atoms with van der Waals surface area (Å²) in [5.74, 6) is 0. The van der Waals surface area contributed by atoms with Gasteiger partial charge in [0.05, 0.1) is 22.8 Å². The second kappa shape index (κ2) is 11.7. The van der Waals surface area contributed by atoms with Crippen LogP contribution >= 0.6 is 0 Å². The molecule has 3 aliphatic heterocycles. The Labute approximate surface area is 245 Å². The molecule has 0 aliphatic carbocycles. The number of hydrogen-bond acceptors (Lipinski definition) is 3. The van der Waals surface area contributed by atoms with E-state index in [9.17, 15) is 0 Å². The van der Waals surface area contributed by atoms with Crippen LogP contribution in [-0.2, 0) is 32.2 Å². The summed E-state index contributed by atoms with van der Waals surface area (Å²) in [5, 5.41) is 15.3. The van der Waals surface area contributed by atoms with Crippen molar-refractivity contribution < 1.29 is 0 Å². The highest BCUT2D eigenvalue weighted by Gasteiger charge is 2.28. The fourth-order valence-electron chi connectivity index (χ4n) is 7.29. The van der Waals surface area contributed by atoms with Gasteiger partial charge in [-0.25, -0.2) is 4.99 Å². The normalized spacial score (nSPS) is 16.5. The SMILES string of the molecule is CCC1=C2NC(=CC3=NC(=Cc4c(CC)c(CC)c(n4CC)C(CC)=c4[nH]c(c(CC)c4CC)=C2CC)C=C3)C1=N. The third-order valence-electron chi connectivity index (χ3n) is 9.11. The summed E-state index contributed by atoms with van der Waals surface area (Å²) < 4.78 is 2.55. The summed E-state index contributed by atoms with van der Waals surface area (Å²) in [6, 6.07) is 0. The highest BCUT2D eigenvalue weighted by molar-refractivity contribution is 6.19. The van der Waals surface area contributed by atoms with Gasteiger partial charge in [0.1, 0.15) is 0 Å². The molecule has 0 unspecified atom stereocenters. The van der Waals surface area contributed by atoms with Gasteiger partial charge in [-0.05, 0) is 110 Å². The van der Waals surface area contributed by atoms with Gasteiger partial charge in [0, 0.05) is 39.9 Å². The first-order valence-corrected chi connectivity index (χ1v) is 15.9. The predicted molar refractivity (Wildman–Crippen MR) is 175 cm³/mol. The van der Waals surface area contributed by atoms with E-state index in [2.05, 4.69) is 88.5 Å². The number of aliphatic imine (C=N–C) groups is 1. The predicted octanol–water partition coefficient (Wildman–Crippen LogP) is 6.79. The maximum absolute atomic E-state index is 9.09. The fraction of sp³-hybridized carbons (Fsp3) is 0.444. The van der Waals surface area contributed by atoms with Crippen LogP contribution in [0.15, 0.2) is 45.9 Å². The molecule has 2 aromatic rings. The van der Waals surface area contributed by atoms with Crippen molar-refractivity contribution in [3.63, 3.8) is 0 Å². The van der Waals surface area contributed by atoms with Crippen molar-refractivity contribution in [1.82, 2.24) is 14.9 Å². The zero-order valence-electron chi connectivity index (χ0n) is 26.4. The number of nitrogens with one attached hydrogen (secondary N) is 3. The van der Waals surface area contributed by atoms with E-state index in [-0.39, 0.29) is 0 Å². The average molecular weight is 550 g/mol. The molecule has 2 aromatic heterocycles. The van der Waals surface area contributed by atoms with E-state index in [1.54, 1.807) is 0 Å². The van der Waals surface area contributed by atoms with Crippen LogP contribution in [0.2, 0.25) is 0 Å². The van der Waals surface area contributed by atoms with Crippen LogP contribution in [0.25, 0.3) is 17.2 Å².